The maximum absolute atomic E-state index is 14.6. The summed E-state index contributed by atoms with van der Waals surface area (Å²) in [6.45, 7) is 9.97. The van der Waals surface area contributed by atoms with E-state index >= 15 is 0 Å². The number of nitrogens with zero attached hydrogens (tertiary/aromatic N) is 2. The highest BCUT2D eigenvalue weighted by Crippen LogP contribution is 2.46. The second-order valence-electron chi connectivity index (χ2n) is 21.2. The lowest BCUT2D eigenvalue weighted by molar-refractivity contribution is 0.0563. The van der Waals surface area contributed by atoms with Gasteiger partial charge in [-0.2, -0.15) is 0 Å². The van der Waals surface area contributed by atoms with Crippen molar-refractivity contribution in [2.75, 3.05) is 13.1 Å². The van der Waals surface area contributed by atoms with Gasteiger partial charge in [0.1, 0.15) is 0 Å². The Morgan fingerprint density at radius 3 is 0.750 bits per heavy atom. The van der Waals surface area contributed by atoms with Crippen molar-refractivity contribution in [3.05, 3.63) is 70.8 Å². The number of hydrogen-bond acceptors (Lipinski definition) is 4. The first-order valence-corrected chi connectivity index (χ1v) is 28.3. The Morgan fingerprint density at radius 2 is 0.515 bits per heavy atom. The molecular formula is C62H86N2O4. The summed E-state index contributed by atoms with van der Waals surface area (Å²) in [6.07, 6.45) is 36.6. The van der Waals surface area contributed by atoms with Crippen LogP contribution in [0.25, 0.3) is 43.1 Å². The van der Waals surface area contributed by atoms with Gasteiger partial charge >= 0.3 is 0 Å². The van der Waals surface area contributed by atoms with Gasteiger partial charge in [-0.25, -0.2) is 0 Å². The van der Waals surface area contributed by atoms with Crippen LogP contribution >= 0.6 is 0 Å². The van der Waals surface area contributed by atoms with Crippen molar-refractivity contribution in [1.82, 2.24) is 9.80 Å². The van der Waals surface area contributed by atoms with Crippen molar-refractivity contribution < 1.29 is 19.2 Å². The van der Waals surface area contributed by atoms with Gasteiger partial charge in [-0.05, 0) is 94.1 Å². The minimum Gasteiger partial charge on any atom is -0.274 e. The Bertz CT molecular complexity index is 2160. The summed E-state index contributed by atoms with van der Waals surface area (Å²) >= 11 is 0. The second kappa shape index (κ2) is 26.0. The highest BCUT2D eigenvalue weighted by molar-refractivity contribution is 6.41. The van der Waals surface area contributed by atoms with Crippen LogP contribution in [0.3, 0.4) is 0 Å². The van der Waals surface area contributed by atoms with Crippen molar-refractivity contribution in [3.8, 4) is 0 Å². The van der Waals surface area contributed by atoms with E-state index in [1.165, 1.54) is 141 Å². The normalized spacial score (nSPS) is 14.8. The zero-order valence-corrected chi connectivity index (χ0v) is 42.9. The SMILES string of the molecule is CCCCCCCCCC(CCCCCCCC)CN1C(=O)c2ccc3c4ccc5c6c(ccc(c7ccc(c2c37)C1=O)c64)C(=O)N(CC(CCCCCCCC)CCCCCCCCC)C5=O. The standard InChI is InChI=1S/C62H86N2O4/c1-5-9-13-17-21-25-29-33-45(31-27-23-19-15-11-7-3)43-63-59(65)51-39-35-47-49-37-41-53-58-54(42-38-50(56(49)58)48-36-40-52(60(63)66)57(51)55(47)48)62(68)64(61(53)67)44-46(32-28-24-20-16-12-8-4)34-30-26-22-18-14-10-6-2/h35-42,45-46H,5-34,43-44H2,1-4H3. The first-order valence-electron chi connectivity index (χ1n) is 28.3. The summed E-state index contributed by atoms with van der Waals surface area (Å²) in [5.41, 5.74) is 2.38. The van der Waals surface area contributed by atoms with Gasteiger partial charge in [-0.15, -0.1) is 0 Å². The van der Waals surface area contributed by atoms with E-state index < -0.39 is 0 Å². The first-order chi connectivity index (χ1) is 33.3. The molecule has 0 aliphatic carbocycles. The van der Waals surface area contributed by atoms with Crippen LogP contribution in [0.5, 0.6) is 0 Å². The largest absolute Gasteiger partial charge is 0.274 e. The number of carbonyl (C=O) groups is 4. The third-order valence-electron chi connectivity index (χ3n) is 16.0. The molecule has 5 aromatic carbocycles. The smallest absolute Gasteiger partial charge is 0.261 e. The average Bonchev–Trinajstić information content (AvgIpc) is 3.35. The molecule has 6 heteroatoms. The predicted octanol–water partition coefficient (Wildman–Crippen LogP) is 17.9. The van der Waals surface area contributed by atoms with Gasteiger partial charge in [-0.3, -0.25) is 29.0 Å². The topological polar surface area (TPSA) is 74.8 Å². The fraction of sp³-hybridized carbons (Fsp3) is 0.613. The molecule has 0 saturated carbocycles. The molecule has 0 fully saturated rings. The van der Waals surface area contributed by atoms with E-state index in [0.717, 1.165) is 94.5 Å². The number of carbonyl (C=O) groups excluding carboxylic acids is 4. The number of unbranched alkanes of at least 4 members (excludes halogenated alkanes) is 22. The van der Waals surface area contributed by atoms with Crippen molar-refractivity contribution in [2.45, 2.75) is 220 Å². The van der Waals surface area contributed by atoms with Crippen molar-refractivity contribution in [2.24, 2.45) is 11.8 Å². The lowest BCUT2D eigenvalue weighted by Gasteiger charge is -2.32. The molecule has 5 aromatic rings. The fourth-order valence-electron chi connectivity index (χ4n) is 12.1. The average molecular weight is 923 g/mol. The molecule has 0 N–H and O–H groups in total. The lowest BCUT2D eigenvalue weighted by Crippen LogP contribution is -2.43. The number of imide groups is 2. The van der Waals surface area contributed by atoms with Gasteiger partial charge in [0.2, 0.25) is 0 Å². The van der Waals surface area contributed by atoms with Crippen LogP contribution in [0.15, 0.2) is 48.5 Å². The van der Waals surface area contributed by atoms with Crippen molar-refractivity contribution in [3.63, 3.8) is 0 Å². The van der Waals surface area contributed by atoms with Crippen LogP contribution in [0, 0.1) is 11.8 Å². The van der Waals surface area contributed by atoms with Gasteiger partial charge in [0, 0.05) is 46.1 Å². The molecule has 0 spiro atoms. The highest BCUT2D eigenvalue weighted by Gasteiger charge is 2.38. The zero-order chi connectivity index (χ0) is 47.8. The molecule has 6 nitrogen and oxygen atoms in total. The van der Waals surface area contributed by atoms with Crippen LogP contribution in [0.2, 0.25) is 0 Å². The summed E-state index contributed by atoms with van der Waals surface area (Å²) in [6, 6.07) is 15.9. The van der Waals surface area contributed by atoms with Gasteiger partial charge in [-0.1, -0.05) is 219 Å². The summed E-state index contributed by atoms with van der Waals surface area (Å²) in [5, 5.41) is 7.09. The molecule has 2 unspecified atom stereocenters. The van der Waals surface area contributed by atoms with E-state index in [4.69, 9.17) is 0 Å². The first kappa shape index (κ1) is 51.5. The van der Waals surface area contributed by atoms with Crippen LogP contribution in [-0.2, 0) is 0 Å². The number of fused-ring (bicyclic) bond motifs is 2. The van der Waals surface area contributed by atoms with Crippen LogP contribution in [0.4, 0.5) is 0 Å². The maximum Gasteiger partial charge on any atom is 0.261 e. The maximum atomic E-state index is 14.6. The van der Waals surface area contributed by atoms with E-state index in [1.54, 1.807) is 9.80 Å². The van der Waals surface area contributed by atoms with Crippen LogP contribution < -0.4 is 0 Å². The van der Waals surface area contributed by atoms with E-state index in [-0.39, 0.29) is 23.6 Å². The summed E-state index contributed by atoms with van der Waals surface area (Å²) in [7, 11) is 0. The molecule has 368 valence electrons. The zero-order valence-electron chi connectivity index (χ0n) is 42.9. The third kappa shape index (κ3) is 12.0. The quantitative estimate of drug-likeness (QED) is 0.0178. The van der Waals surface area contributed by atoms with E-state index in [2.05, 4.69) is 27.7 Å². The molecule has 0 aromatic heterocycles. The molecule has 2 aliphatic heterocycles. The van der Waals surface area contributed by atoms with E-state index in [1.807, 2.05) is 48.5 Å². The minimum absolute atomic E-state index is 0.187. The molecule has 68 heavy (non-hydrogen) atoms. The summed E-state index contributed by atoms with van der Waals surface area (Å²) < 4.78 is 0. The number of hydrogen-bond donors (Lipinski definition) is 0. The molecule has 2 atom stereocenters. The fourth-order valence-corrected chi connectivity index (χ4v) is 12.1. The Labute approximate surface area is 410 Å². The molecule has 2 aliphatic rings. The monoisotopic (exact) mass is 923 g/mol. The van der Waals surface area contributed by atoms with Crippen molar-refractivity contribution in [1.29, 1.82) is 0 Å². The van der Waals surface area contributed by atoms with E-state index in [0.29, 0.717) is 47.2 Å². The van der Waals surface area contributed by atoms with Gasteiger partial charge < -0.3 is 0 Å². The Morgan fingerprint density at radius 1 is 0.294 bits per heavy atom. The van der Waals surface area contributed by atoms with E-state index in [9.17, 15) is 19.2 Å². The lowest BCUT2D eigenvalue weighted by atomic mass is 9.82. The second-order valence-corrected chi connectivity index (χ2v) is 21.2. The molecular weight excluding hydrogens is 837 g/mol. The van der Waals surface area contributed by atoms with Gasteiger partial charge in [0.25, 0.3) is 23.6 Å². The Kier molecular flexibility index (Phi) is 19.7. The summed E-state index contributed by atoms with van der Waals surface area (Å²) in [5.74, 6) is -0.159. The summed E-state index contributed by atoms with van der Waals surface area (Å²) in [4.78, 5) is 61.6. The highest BCUT2D eigenvalue weighted by atomic mass is 16.2. The van der Waals surface area contributed by atoms with Gasteiger partial charge in [0.05, 0.1) is 0 Å². The van der Waals surface area contributed by atoms with Crippen molar-refractivity contribution >= 4 is 66.7 Å². The minimum atomic E-state index is -0.187. The molecule has 4 amide bonds. The van der Waals surface area contributed by atoms with Gasteiger partial charge in [0.15, 0.2) is 0 Å². The predicted molar refractivity (Wildman–Crippen MR) is 287 cm³/mol. The molecule has 2 heterocycles. The number of benzene rings is 5. The molecule has 0 saturated heterocycles. The van der Waals surface area contributed by atoms with Crippen LogP contribution in [-0.4, -0.2) is 46.5 Å². The Balaban J connectivity index is 1.13. The third-order valence-corrected chi connectivity index (χ3v) is 16.0. The Hall–Kier alpha value is -4.32. The number of amides is 4. The molecule has 7 rings (SSSR count). The number of rotatable bonds is 34. The molecule has 0 radical (unpaired) electrons. The molecule has 0 bridgehead atoms. The van der Waals surface area contributed by atoms with Crippen LogP contribution in [0.1, 0.15) is 262 Å².